The molecule has 0 fully saturated rings. The number of rotatable bonds is 6. The Morgan fingerprint density at radius 3 is 1.29 bits per heavy atom. The first-order chi connectivity index (χ1) is 9.53. The lowest BCUT2D eigenvalue weighted by Gasteiger charge is -2.12. The van der Waals surface area contributed by atoms with Crippen LogP contribution in [-0.2, 0) is 42.9 Å². The number of benzene rings is 1. The third-order valence-corrected chi connectivity index (χ3v) is 6.66. The Labute approximate surface area is 122 Å². The molecule has 0 N–H and O–H groups in total. The predicted molar refractivity (Wildman–Crippen MR) is 69.0 cm³/mol. The van der Waals surface area contributed by atoms with Crippen molar-refractivity contribution >= 4 is 30.4 Å². The molecule has 0 unspecified atom stereocenters. The van der Waals surface area contributed by atoms with Crippen molar-refractivity contribution < 1.29 is 37.8 Å². The molecule has 0 saturated carbocycles. The highest BCUT2D eigenvalue weighted by Crippen LogP contribution is 2.31. The molecule has 1 rings (SSSR count). The monoisotopic (exact) mass is 360 g/mol. The number of hydrogen-bond donors (Lipinski definition) is 0. The molecule has 0 aliphatic heterocycles. The van der Waals surface area contributed by atoms with E-state index in [1.807, 2.05) is 0 Å². The lowest BCUT2D eigenvalue weighted by Crippen LogP contribution is -2.17. The molecular weight excluding hydrogens is 348 g/mol. The third kappa shape index (κ3) is 3.41. The zero-order valence-electron chi connectivity index (χ0n) is 11.1. The summed E-state index contributed by atoms with van der Waals surface area (Å²) in [5.74, 6) is 0. The second-order valence-electron chi connectivity index (χ2n) is 3.45. The molecule has 0 atom stereocenters. The van der Waals surface area contributed by atoms with E-state index in [1.165, 1.54) is 0 Å². The Hall–Kier alpha value is -1.05. The Balaban J connectivity index is 4.02. The van der Waals surface area contributed by atoms with Crippen molar-refractivity contribution in [2.24, 2.45) is 0 Å². The molecule has 0 radical (unpaired) electrons. The van der Waals surface area contributed by atoms with Gasteiger partial charge in [0.15, 0.2) is 0 Å². The molecule has 0 amide bonds. The van der Waals surface area contributed by atoms with E-state index in [0.717, 1.165) is 39.5 Å². The highest BCUT2D eigenvalue weighted by atomic mass is 32.2. The highest BCUT2D eigenvalue weighted by Gasteiger charge is 2.34. The van der Waals surface area contributed by atoms with Gasteiger partial charge in [-0.05, 0) is 12.1 Å². The second-order valence-corrected chi connectivity index (χ2v) is 8.46. The van der Waals surface area contributed by atoms with Gasteiger partial charge in [-0.3, -0.25) is 12.5 Å². The average Bonchev–Trinajstić information content (AvgIpc) is 2.46. The van der Waals surface area contributed by atoms with E-state index >= 15 is 0 Å². The van der Waals surface area contributed by atoms with Crippen LogP contribution in [0, 0.1) is 0 Å². The summed E-state index contributed by atoms with van der Waals surface area (Å²) >= 11 is 0. The minimum absolute atomic E-state index is 0.759. The van der Waals surface area contributed by atoms with Crippen LogP contribution in [0.1, 0.15) is 0 Å². The van der Waals surface area contributed by atoms with Crippen LogP contribution in [0.25, 0.3) is 0 Å². The summed E-state index contributed by atoms with van der Waals surface area (Å²) in [7, 11) is -11.3. The lowest BCUT2D eigenvalue weighted by molar-refractivity contribution is 0.378. The zero-order valence-corrected chi connectivity index (χ0v) is 13.6. The van der Waals surface area contributed by atoms with Gasteiger partial charge in [0.1, 0.15) is 14.7 Å². The summed E-state index contributed by atoms with van der Waals surface area (Å²) in [5.41, 5.74) is 0. The second kappa shape index (κ2) is 5.98. The maximum absolute atomic E-state index is 11.9. The molecule has 9 nitrogen and oxygen atoms in total. The molecular formula is C9H12O9S3. The normalized spacial score (nSPS) is 13.3. The molecule has 1 aromatic carbocycles. The van der Waals surface area contributed by atoms with E-state index in [4.69, 9.17) is 0 Å². The van der Waals surface area contributed by atoms with Crippen LogP contribution in [0.2, 0.25) is 0 Å². The van der Waals surface area contributed by atoms with Crippen molar-refractivity contribution in [2.75, 3.05) is 21.3 Å². The fourth-order valence-electron chi connectivity index (χ4n) is 1.40. The summed E-state index contributed by atoms with van der Waals surface area (Å²) < 4.78 is 83.6. The van der Waals surface area contributed by atoms with E-state index < -0.39 is 45.0 Å². The van der Waals surface area contributed by atoms with Gasteiger partial charge in [-0.25, -0.2) is 0 Å². The zero-order chi connectivity index (χ0) is 16.5. The molecule has 0 bridgehead atoms. The minimum Gasteiger partial charge on any atom is -0.270 e. The van der Waals surface area contributed by atoms with Crippen LogP contribution in [-0.4, -0.2) is 46.6 Å². The SMILES string of the molecule is COS(=O)(=O)c1cccc(S(=O)(=O)OC)c1S(=O)(=O)OC. The van der Waals surface area contributed by atoms with Crippen LogP contribution >= 0.6 is 0 Å². The van der Waals surface area contributed by atoms with E-state index in [1.54, 1.807) is 0 Å². The summed E-state index contributed by atoms with van der Waals surface area (Å²) in [6, 6.07) is 2.78. The summed E-state index contributed by atoms with van der Waals surface area (Å²) in [5, 5.41) is 0. The van der Waals surface area contributed by atoms with Gasteiger partial charge in [-0.2, -0.15) is 25.3 Å². The predicted octanol–water partition coefficient (Wildman–Crippen LogP) is -0.308. The van der Waals surface area contributed by atoms with E-state index in [2.05, 4.69) is 12.5 Å². The first kappa shape index (κ1) is 18.0. The fourth-order valence-corrected chi connectivity index (χ4v) is 5.01. The summed E-state index contributed by atoms with van der Waals surface area (Å²) in [4.78, 5) is -2.81. The summed E-state index contributed by atoms with van der Waals surface area (Å²) in [6.45, 7) is 0. The van der Waals surface area contributed by atoms with Gasteiger partial charge in [0, 0.05) is 0 Å². The van der Waals surface area contributed by atoms with Gasteiger partial charge in [0.05, 0.1) is 21.3 Å². The molecule has 0 aliphatic rings. The first-order valence-corrected chi connectivity index (χ1v) is 9.31. The van der Waals surface area contributed by atoms with E-state index in [-0.39, 0.29) is 0 Å². The maximum Gasteiger partial charge on any atom is 0.299 e. The minimum atomic E-state index is -4.66. The Kier molecular flexibility index (Phi) is 5.13. The first-order valence-electron chi connectivity index (χ1n) is 5.08. The maximum atomic E-state index is 11.9. The van der Waals surface area contributed by atoms with Crippen molar-refractivity contribution in [1.82, 2.24) is 0 Å². The standard InChI is InChI=1S/C9H12O9S3/c1-16-19(10,11)7-5-4-6-8(20(12,13)17-2)9(7)21(14,15)18-3/h4-6H,1-3H3. The van der Waals surface area contributed by atoms with Crippen LogP contribution in [0.4, 0.5) is 0 Å². The molecule has 1 aromatic rings. The lowest BCUT2D eigenvalue weighted by atomic mass is 10.4. The Morgan fingerprint density at radius 1 is 0.667 bits per heavy atom. The molecule has 0 spiro atoms. The number of hydrogen-bond acceptors (Lipinski definition) is 9. The third-order valence-electron chi connectivity index (χ3n) is 2.39. The fraction of sp³-hybridized carbons (Fsp3) is 0.333. The quantitative estimate of drug-likeness (QED) is 0.627. The van der Waals surface area contributed by atoms with Gasteiger partial charge < -0.3 is 0 Å². The van der Waals surface area contributed by atoms with E-state index in [9.17, 15) is 25.3 Å². The van der Waals surface area contributed by atoms with Crippen LogP contribution in [0.15, 0.2) is 32.9 Å². The molecule has 0 heterocycles. The van der Waals surface area contributed by atoms with Crippen molar-refractivity contribution in [1.29, 1.82) is 0 Å². The molecule has 0 aliphatic carbocycles. The summed E-state index contributed by atoms with van der Waals surface area (Å²) in [6.07, 6.45) is 0. The Bertz CT molecular complexity index is 782. The average molecular weight is 360 g/mol. The molecule has 0 aromatic heterocycles. The van der Waals surface area contributed by atoms with Gasteiger partial charge >= 0.3 is 0 Å². The van der Waals surface area contributed by atoms with Crippen LogP contribution in [0.3, 0.4) is 0 Å². The molecule has 0 saturated heterocycles. The largest absolute Gasteiger partial charge is 0.299 e. The smallest absolute Gasteiger partial charge is 0.270 e. The molecule has 120 valence electrons. The van der Waals surface area contributed by atoms with Gasteiger partial charge in [0.2, 0.25) is 0 Å². The van der Waals surface area contributed by atoms with Gasteiger partial charge in [0.25, 0.3) is 30.4 Å². The molecule has 12 heteroatoms. The van der Waals surface area contributed by atoms with Crippen molar-refractivity contribution in [3.05, 3.63) is 18.2 Å². The van der Waals surface area contributed by atoms with Crippen molar-refractivity contribution in [3.63, 3.8) is 0 Å². The van der Waals surface area contributed by atoms with Crippen LogP contribution in [0.5, 0.6) is 0 Å². The topological polar surface area (TPSA) is 130 Å². The van der Waals surface area contributed by atoms with E-state index in [0.29, 0.717) is 0 Å². The van der Waals surface area contributed by atoms with Crippen LogP contribution < -0.4 is 0 Å². The van der Waals surface area contributed by atoms with Crippen molar-refractivity contribution in [3.8, 4) is 0 Å². The van der Waals surface area contributed by atoms with Gasteiger partial charge in [-0.15, -0.1) is 0 Å². The van der Waals surface area contributed by atoms with Gasteiger partial charge in [-0.1, -0.05) is 6.07 Å². The Morgan fingerprint density at radius 2 is 1.00 bits per heavy atom. The molecule has 21 heavy (non-hydrogen) atoms. The van der Waals surface area contributed by atoms with Crippen molar-refractivity contribution in [2.45, 2.75) is 14.7 Å². The highest BCUT2D eigenvalue weighted by molar-refractivity contribution is 7.91.